The number of carbonyl (C=O) groups is 2. The second-order valence-corrected chi connectivity index (χ2v) is 7.34. The highest BCUT2D eigenvalue weighted by atomic mass is 35.5. The Bertz CT molecular complexity index is 900. The quantitative estimate of drug-likeness (QED) is 0.782. The molecule has 1 heterocycles. The third-order valence-corrected chi connectivity index (χ3v) is 4.98. The second-order valence-electron chi connectivity index (χ2n) is 6.50. The second kappa shape index (κ2) is 6.13. The number of aryl methyl sites for hydroxylation is 3. The van der Waals surface area contributed by atoms with Crippen LogP contribution >= 0.6 is 23.2 Å². The lowest BCUT2D eigenvalue weighted by Gasteiger charge is -2.22. The molecule has 0 spiro atoms. The Kier molecular flexibility index (Phi) is 4.40. The molecular weight excluding hydrogens is 361 g/mol. The normalized spacial score (nSPS) is 18.9. The molecule has 0 unspecified atom stereocenters. The van der Waals surface area contributed by atoms with E-state index in [2.05, 4.69) is 5.32 Å². The Morgan fingerprint density at radius 1 is 1.12 bits per heavy atom. The van der Waals surface area contributed by atoms with E-state index in [4.69, 9.17) is 23.2 Å². The molecule has 0 radical (unpaired) electrons. The van der Waals surface area contributed by atoms with Crippen LogP contribution in [0.5, 0.6) is 0 Å². The van der Waals surface area contributed by atoms with Gasteiger partial charge < -0.3 is 10.4 Å². The Labute approximate surface area is 155 Å². The van der Waals surface area contributed by atoms with Crippen molar-refractivity contribution in [2.24, 2.45) is 0 Å². The van der Waals surface area contributed by atoms with E-state index in [1.54, 1.807) is 0 Å². The van der Waals surface area contributed by atoms with Crippen LogP contribution in [0.2, 0.25) is 10.0 Å². The number of anilines is 1. The Balaban J connectivity index is 2.05. The molecule has 0 aliphatic carbocycles. The monoisotopic (exact) mass is 377 g/mol. The lowest BCUT2D eigenvalue weighted by atomic mass is 9.85. The van der Waals surface area contributed by atoms with Gasteiger partial charge in [-0.1, -0.05) is 40.9 Å². The molecule has 4 nitrogen and oxygen atoms in total. The van der Waals surface area contributed by atoms with Crippen LogP contribution in [-0.2, 0) is 10.4 Å². The smallest absolute Gasteiger partial charge is 0.261 e. The predicted molar refractivity (Wildman–Crippen MR) is 98.6 cm³/mol. The van der Waals surface area contributed by atoms with Crippen LogP contribution in [0.3, 0.4) is 0 Å². The van der Waals surface area contributed by atoms with Gasteiger partial charge in [-0.25, -0.2) is 0 Å². The van der Waals surface area contributed by atoms with Crippen molar-refractivity contribution in [3.8, 4) is 0 Å². The largest absolute Gasteiger partial charge is 0.375 e. The minimum Gasteiger partial charge on any atom is -0.375 e. The molecule has 0 saturated carbocycles. The first-order valence-corrected chi connectivity index (χ1v) is 8.53. The van der Waals surface area contributed by atoms with Gasteiger partial charge in [0.15, 0.2) is 11.4 Å². The number of amides is 1. The van der Waals surface area contributed by atoms with Crippen molar-refractivity contribution in [1.29, 1.82) is 0 Å². The molecule has 2 aromatic carbocycles. The van der Waals surface area contributed by atoms with E-state index < -0.39 is 17.9 Å². The fourth-order valence-electron chi connectivity index (χ4n) is 3.54. The van der Waals surface area contributed by atoms with Crippen LogP contribution in [0.4, 0.5) is 5.69 Å². The van der Waals surface area contributed by atoms with Gasteiger partial charge in [-0.15, -0.1) is 0 Å². The van der Waals surface area contributed by atoms with Crippen molar-refractivity contribution in [2.45, 2.75) is 32.8 Å². The molecule has 0 saturated heterocycles. The first kappa shape index (κ1) is 17.9. The number of carbonyl (C=O) groups excluding carboxylic acids is 2. The number of Topliss-reactive ketones (excluding diaryl/α,β-unsaturated/α-hetero) is 1. The highest BCUT2D eigenvalue weighted by molar-refractivity contribution is 6.36. The average molecular weight is 378 g/mol. The van der Waals surface area contributed by atoms with Gasteiger partial charge in [-0.3, -0.25) is 9.59 Å². The van der Waals surface area contributed by atoms with E-state index in [9.17, 15) is 14.7 Å². The van der Waals surface area contributed by atoms with E-state index in [-0.39, 0.29) is 16.4 Å². The summed E-state index contributed by atoms with van der Waals surface area (Å²) in [4.78, 5) is 25.3. The Hall–Kier alpha value is -1.88. The van der Waals surface area contributed by atoms with Crippen molar-refractivity contribution in [3.05, 3.63) is 62.1 Å². The van der Waals surface area contributed by atoms with E-state index in [0.29, 0.717) is 16.3 Å². The molecule has 1 atom stereocenters. The number of rotatable bonds is 3. The number of nitrogens with one attached hydrogen (secondary N) is 1. The number of hydrogen-bond acceptors (Lipinski definition) is 3. The summed E-state index contributed by atoms with van der Waals surface area (Å²) in [5.74, 6) is -0.992. The van der Waals surface area contributed by atoms with E-state index in [1.165, 1.54) is 12.1 Å². The molecule has 3 rings (SSSR count). The van der Waals surface area contributed by atoms with Crippen molar-refractivity contribution in [3.63, 3.8) is 0 Å². The van der Waals surface area contributed by atoms with Crippen LogP contribution in [0, 0.1) is 20.8 Å². The fraction of sp³-hybridized carbons (Fsp3) is 0.263. The number of fused-ring (bicyclic) bond motifs is 1. The van der Waals surface area contributed by atoms with Crippen molar-refractivity contribution >= 4 is 40.6 Å². The van der Waals surface area contributed by atoms with E-state index in [0.717, 1.165) is 16.7 Å². The summed E-state index contributed by atoms with van der Waals surface area (Å²) in [6, 6.07) is 6.75. The number of hydrogen-bond donors (Lipinski definition) is 2. The third-order valence-electron chi connectivity index (χ3n) is 4.46. The van der Waals surface area contributed by atoms with Crippen molar-refractivity contribution < 1.29 is 14.7 Å². The standard InChI is InChI=1S/C19H17Cl2NO3/c1-9-4-10(2)16(11(3)5-9)15(23)8-19(25)17-13(21)6-12(20)7-14(17)22-18(19)24/h4-7,25H,8H2,1-3H3,(H,22,24)/t19-/m1/s1. The third kappa shape index (κ3) is 2.95. The van der Waals surface area contributed by atoms with Gasteiger partial charge in [-0.2, -0.15) is 0 Å². The lowest BCUT2D eigenvalue weighted by Crippen LogP contribution is -2.37. The SMILES string of the molecule is Cc1cc(C)c(C(=O)C[C@]2(O)C(=O)Nc3cc(Cl)cc(Cl)c32)c(C)c1. The summed E-state index contributed by atoms with van der Waals surface area (Å²) >= 11 is 12.1. The average Bonchev–Trinajstić information content (AvgIpc) is 2.68. The molecule has 6 heteroatoms. The maximum atomic E-state index is 12.9. The molecule has 25 heavy (non-hydrogen) atoms. The molecular formula is C19H17Cl2NO3. The molecule has 1 amide bonds. The highest BCUT2D eigenvalue weighted by Crippen LogP contribution is 2.44. The summed E-state index contributed by atoms with van der Waals surface area (Å²) in [5, 5.41) is 14.0. The van der Waals surface area contributed by atoms with Crippen LogP contribution in [0.1, 0.15) is 39.0 Å². The van der Waals surface area contributed by atoms with Gasteiger partial charge in [0.05, 0.1) is 17.1 Å². The van der Waals surface area contributed by atoms with Gasteiger partial charge in [0.25, 0.3) is 5.91 Å². The zero-order chi connectivity index (χ0) is 18.5. The minimum atomic E-state index is -2.02. The summed E-state index contributed by atoms with van der Waals surface area (Å²) in [5.41, 5.74) is 1.70. The van der Waals surface area contributed by atoms with Crippen LogP contribution in [0.25, 0.3) is 0 Å². The van der Waals surface area contributed by atoms with Crippen molar-refractivity contribution in [1.82, 2.24) is 0 Å². The summed E-state index contributed by atoms with van der Waals surface area (Å²) in [6.07, 6.45) is -0.391. The number of ketones is 1. The number of benzene rings is 2. The molecule has 0 fully saturated rings. The fourth-order valence-corrected chi connectivity index (χ4v) is 4.19. The maximum Gasteiger partial charge on any atom is 0.261 e. The van der Waals surface area contributed by atoms with Gasteiger partial charge >= 0.3 is 0 Å². The van der Waals surface area contributed by atoms with Crippen molar-refractivity contribution in [2.75, 3.05) is 5.32 Å². The zero-order valence-electron chi connectivity index (χ0n) is 14.0. The van der Waals surface area contributed by atoms with Gasteiger partial charge in [0.1, 0.15) is 0 Å². The molecule has 130 valence electrons. The molecule has 0 bridgehead atoms. The molecule has 2 aromatic rings. The molecule has 0 aromatic heterocycles. The molecule has 1 aliphatic rings. The van der Waals surface area contributed by atoms with E-state index in [1.807, 2.05) is 32.9 Å². The summed E-state index contributed by atoms with van der Waals surface area (Å²) < 4.78 is 0. The zero-order valence-corrected chi connectivity index (χ0v) is 15.5. The summed E-state index contributed by atoms with van der Waals surface area (Å²) in [6.45, 7) is 5.63. The lowest BCUT2D eigenvalue weighted by molar-refractivity contribution is -0.133. The van der Waals surface area contributed by atoms with Gasteiger partial charge in [-0.05, 0) is 44.0 Å². The number of aliphatic hydroxyl groups is 1. The Morgan fingerprint density at radius 3 is 2.32 bits per heavy atom. The first-order chi connectivity index (χ1) is 11.6. The Morgan fingerprint density at radius 2 is 1.72 bits per heavy atom. The topological polar surface area (TPSA) is 66.4 Å². The van der Waals surface area contributed by atoms with E-state index >= 15 is 0 Å². The minimum absolute atomic E-state index is 0.147. The van der Waals surface area contributed by atoms with Crippen LogP contribution in [-0.4, -0.2) is 16.8 Å². The first-order valence-electron chi connectivity index (χ1n) is 7.78. The highest BCUT2D eigenvalue weighted by Gasteiger charge is 2.48. The summed E-state index contributed by atoms with van der Waals surface area (Å²) in [7, 11) is 0. The van der Waals surface area contributed by atoms with Gasteiger partial charge in [0.2, 0.25) is 0 Å². The maximum absolute atomic E-state index is 12.9. The predicted octanol–water partition coefficient (Wildman–Crippen LogP) is 4.33. The van der Waals surface area contributed by atoms with Crippen LogP contribution < -0.4 is 5.32 Å². The molecule has 2 N–H and O–H groups in total. The molecule has 1 aliphatic heterocycles. The number of halogens is 2. The van der Waals surface area contributed by atoms with Gasteiger partial charge in [0, 0.05) is 16.1 Å². The van der Waals surface area contributed by atoms with Crippen LogP contribution in [0.15, 0.2) is 24.3 Å².